The lowest BCUT2D eigenvalue weighted by Crippen LogP contribution is -2.39. The number of thiazole rings is 1. The number of allylic oxidation sites excluding steroid dienone is 1. The van der Waals surface area contributed by atoms with Gasteiger partial charge < -0.3 is 18.8 Å². The highest BCUT2D eigenvalue weighted by molar-refractivity contribution is 14.1. The zero-order valence-corrected chi connectivity index (χ0v) is 26.3. The molecule has 0 N–H and O–H groups in total. The largest absolute Gasteiger partial charge is 0.463 e. The summed E-state index contributed by atoms with van der Waals surface area (Å²) in [7, 11) is 0. The molecule has 2 aliphatic rings. The normalized spacial score (nSPS) is 16.1. The molecule has 2 aliphatic heterocycles. The Balaban J connectivity index is 1.52. The topological polar surface area (TPSA) is 84.1 Å². The SMILES string of the molecule is CCOC(=O)C1=C(C)N=c2s/c(=C/c3cc(C)n(-c4ccc(C)c(I)c4)c3C)c(=O)n2[C@@H]1c1ccc2c(c1)OCO2. The van der Waals surface area contributed by atoms with Crippen LogP contribution in [0.3, 0.4) is 0 Å². The minimum Gasteiger partial charge on any atom is -0.463 e. The van der Waals surface area contributed by atoms with Gasteiger partial charge in [-0.25, -0.2) is 9.79 Å². The number of carbonyl (C=O) groups excluding carboxylic acids is 1. The van der Waals surface area contributed by atoms with Crippen LogP contribution in [-0.2, 0) is 9.53 Å². The highest BCUT2D eigenvalue weighted by atomic mass is 127. The molecule has 1 atom stereocenters. The highest BCUT2D eigenvalue weighted by Gasteiger charge is 2.34. The lowest BCUT2D eigenvalue weighted by molar-refractivity contribution is -0.139. The molecular formula is C31H28IN3O5S. The molecule has 0 saturated heterocycles. The van der Waals surface area contributed by atoms with Crippen LogP contribution in [0.4, 0.5) is 0 Å². The van der Waals surface area contributed by atoms with Crippen LogP contribution >= 0.6 is 33.9 Å². The van der Waals surface area contributed by atoms with Crippen LogP contribution < -0.4 is 24.4 Å². The standard InChI is InChI=1S/C31H28IN3O5S/c1-6-38-30(37)27-18(4)33-31-35(28(27)20-8-10-24-25(12-20)40-15-39-24)29(36)26(41-31)13-21-11-17(3)34(19(21)5)22-9-7-16(2)23(32)14-22/h7-14,28H,6,15H2,1-5H3/b26-13+/t28-/m1/s1. The molecule has 6 rings (SSSR count). The van der Waals surface area contributed by atoms with Crippen molar-refractivity contribution in [3.63, 3.8) is 0 Å². The third kappa shape index (κ3) is 4.72. The fraction of sp³-hybridized carbons (Fsp3) is 0.258. The predicted octanol–water partition coefficient (Wildman–Crippen LogP) is 4.85. The molecule has 0 fully saturated rings. The molecule has 0 amide bonds. The van der Waals surface area contributed by atoms with E-state index in [9.17, 15) is 9.59 Å². The molecule has 41 heavy (non-hydrogen) atoms. The number of ether oxygens (including phenoxy) is 3. The minimum absolute atomic E-state index is 0.126. The molecule has 0 saturated carbocycles. The number of hydrogen-bond donors (Lipinski definition) is 0. The Morgan fingerprint density at radius 2 is 1.90 bits per heavy atom. The van der Waals surface area contributed by atoms with Gasteiger partial charge in [-0.15, -0.1) is 0 Å². The van der Waals surface area contributed by atoms with E-state index in [2.05, 4.69) is 72.2 Å². The Hall–Kier alpha value is -3.64. The van der Waals surface area contributed by atoms with Gasteiger partial charge in [0.25, 0.3) is 5.56 Å². The number of nitrogens with zero attached hydrogens (tertiary/aromatic N) is 3. The monoisotopic (exact) mass is 681 g/mol. The van der Waals surface area contributed by atoms with E-state index >= 15 is 0 Å². The number of aryl methyl sites for hydroxylation is 2. The maximum absolute atomic E-state index is 14.1. The molecule has 0 bridgehead atoms. The smallest absolute Gasteiger partial charge is 0.338 e. The first-order valence-corrected chi connectivity index (χ1v) is 15.1. The van der Waals surface area contributed by atoms with Crippen molar-refractivity contribution in [3.8, 4) is 17.2 Å². The van der Waals surface area contributed by atoms with Crippen molar-refractivity contribution in [1.82, 2.24) is 9.13 Å². The molecule has 0 radical (unpaired) electrons. The van der Waals surface area contributed by atoms with Gasteiger partial charge in [0, 0.05) is 20.6 Å². The second kappa shape index (κ2) is 10.6. The van der Waals surface area contributed by atoms with E-state index in [1.165, 1.54) is 20.5 Å². The summed E-state index contributed by atoms with van der Waals surface area (Å²) in [6, 6.07) is 13.2. The van der Waals surface area contributed by atoms with Gasteiger partial charge in [-0.3, -0.25) is 9.36 Å². The number of esters is 1. The Kier molecular flexibility index (Phi) is 7.14. The number of halogens is 1. The van der Waals surface area contributed by atoms with E-state index in [-0.39, 0.29) is 19.0 Å². The van der Waals surface area contributed by atoms with Crippen LogP contribution in [0.2, 0.25) is 0 Å². The van der Waals surface area contributed by atoms with Crippen LogP contribution in [0.15, 0.2) is 63.5 Å². The molecule has 10 heteroatoms. The first-order chi connectivity index (χ1) is 19.7. The quantitative estimate of drug-likeness (QED) is 0.222. The summed E-state index contributed by atoms with van der Waals surface area (Å²) < 4.78 is 22.0. The number of benzene rings is 2. The van der Waals surface area contributed by atoms with Crippen molar-refractivity contribution in [3.05, 3.63) is 105 Å². The summed E-state index contributed by atoms with van der Waals surface area (Å²) in [5.41, 5.74) is 6.70. The van der Waals surface area contributed by atoms with Crippen molar-refractivity contribution in [2.24, 2.45) is 4.99 Å². The molecule has 0 aliphatic carbocycles. The first kappa shape index (κ1) is 27.5. The number of carbonyl (C=O) groups is 1. The zero-order chi connectivity index (χ0) is 29.0. The second-order valence-electron chi connectivity index (χ2n) is 10.0. The van der Waals surface area contributed by atoms with Crippen molar-refractivity contribution in [1.29, 1.82) is 0 Å². The fourth-order valence-corrected chi connectivity index (χ4v) is 6.92. The van der Waals surface area contributed by atoms with Gasteiger partial charge in [-0.1, -0.05) is 23.5 Å². The molecule has 2 aromatic carbocycles. The van der Waals surface area contributed by atoms with E-state index in [0.717, 1.165) is 22.6 Å². The summed E-state index contributed by atoms with van der Waals surface area (Å²) in [6.07, 6.45) is 1.92. The third-order valence-corrected chi connectivity index (χ3v) is 9.55. The maximum Gasteiger partial charge on any atom is 0.338 e. The third-order valence-electron chi connectivity index (χ3n) is 7.40. The van der Waals surface area contributed by atoms with Gasteiger partial charge in [0.05, 0.1) is 28.5 Å². The molecule has 0 spiro atoms. The lowest BCUT2D eigenvalue weighted by Gasteiger charge is -2.24. The van der Waals surface area contributed by atoms with Crippen molar-refractivity contribution >= 4 is 46.0 Å². The predicted molar refractivity (Wildman–Crippen MR) is 166 cm³/mol. The Labute approximate surface area is 254 Å². The minimum atomic E-state index is -0.719. The van der Waals surface area contributed by atoms with Gasteiger partial charge in [-0.2, -0.15) is 0 Å². The van der Waals surface area contributed by atoms with Crippen molar-refractivity contribution in [2.45, 2.75) is 40.7 Å². The second-order valence-corrected chi connectivity index (χ2v) is 12.2. The zero-order valence-electron chi connectivity index (χ0n) is 23.3. The molecular weight excluding hydrogens is 653 g/mol. The Morgan fingerprint density at radius 3 is 2.66 bits per heavy atom. The van der Waals surface area contributed by atoms with Crippen LogP contribution in [0.25, 0.3) is 11.8 Å². The van der Waals surface area contributed by atoms with E-state index < -0.39 is 12.0 Å². The molecule has 2 aromatic heterocycles. The maximum atomic E-state index is 14.1. The molecule has 210 valence electrons. The highest BCUT2D eigenvalue weighted by Crippen LogP contribution is 2.38. The average Bonchev–Trinajstić information content (AvgIpc) is 3.60. The molecule has 8 nitrogen and oxygen atoms in total. The van der Waals surface area contributed by atoms with E-state index in [1.54, 1.807) is 24.5 Å². The number of rotatable bonds is 5. The summed E-state index contributed by atoms with van der Waals surface area (Å²) >= 11 is 3.66. The van der Waals surface area contributed by atoms with Crippen molar-refractivity contribution in [2.75, 3.05) is 13.4 Å². The van der Waals surface area contributed by atoms with E-state index in [4.69, 9.17) is 19.2 Å². The van der Waals surface area contributed by atoms with Crippen LogP contribution in [0.5, 0.6) is 11.5 Å². The van der Waals surface area contributed by atoms with Gasteiger partial charge in [0.1, 0.15) is 0 Å². The van der Waals surface area contributed by atoms with Gasteiger partial charge in [0.15, 0.2) is 16.3 Å². The van der Waals surface area contributed by atoms with Crippen LogP contribution in [0.1, 0.15) is 48.0 Å². The van der Waals surface area contributed by atoms with Crippen LogP contribution in [0, 0.1) is 24.3 Å². The van der Waals surface area contributed by atoms with Crippen LogP contribution in [-0.4, -0.2) is 28.5 Å². The average molecular weight is 682 g/mol. The number of fused-ring (bicyclic) bond motifs is 2. The summed E-state index contributed by atoms with van der Waals surface area (Å²) in [5, 5.41) is 0. The molecule has 4 aromatic rings. The Morgan fingerprint density at radius 1 is 1.12 bits per heavy atom. The fourth-order valence-electron chi connectivity index (χ4n) is 5.38. The summed E-state index contributed by atoms with van der Waals surface area (Å²) in [6.45, 7) is 10.1. The summed E-state index contributed by atoms with van der Waals surface area (Å²) in [4.78, 5) is 32.5. The van der Waals surface area contributed by atoms with E-state index in [0.29, 0.717) is 37.7 Å². The lowest BCUT2D eigenvalue weighted by atomic mass is 9.95. The molecule has 0 unspecified atom stereocenters. The number of hydrogen-bond acceptors (Lipinski definition) is 7. The Bertz CT molecular complexity index is 1950. The van der Waals surface area contributed by atoms with Crippen molar-refractivity contribution < 1.29 is 19.0 Å². The first-order valence-electron chi connectivity index (χ1n) is 13.2. The summed E-state index contributed by atoms with van der Waals surface area (Å²) in [5.74, 6) is 0.695. The van der Waals surface area contributed by atoms with Gasteiger partial charge in [0.2, 0.25) is 6.79 Å². The van der Waals surface area contributed by atoms with Gasteiger partial charge >= 0.3 is 5.97 Å². The van der Waals surface area contributed by atoms with E-state index in [1.807, 2.05) is 18.2 Å². The number of aromatic nitrogens is 2. The molecule has 4 heterocycles. The van der Waals surface area contributed by atoms with Gasteiger partial charge in [-0.05, 0) is 110 Å².